The Bertz CT molecular complexity index is 1190. The molecule has 30 heavy (non-hydrogen) atoms. The molecule has 0 saturated heterocycles. The molecule has 9 heteroatoms. The van der Waals surface area contributed by atoms with Crippen molar-refractivity contribution in [2.24, 2.45) is 0 Å². The van der Waals surface area contributed by atoms with Crippen molar-refractivity contribution in [3.05, 3.63) is 77.8 Å². The largest absolute Gasteiger partial charge is 0.435 e. The number of aromatic nitrogens is 3. The summed E-state index contributed by atoms with van der Waals surface area (Å²) in [5.74, 6) is -0.246. The first kappa shape index (κ1) is 19.8. The van der Waals surface area contributed by atoms with Crippen LogP contribution >= 0.6 is 11.6 Å². The van der Waals surface area contributed by atoms with Gasteiger partial charge in [-0.25, -0.2) is 9.97 Å². The summed E-state index contributed by atoms with van der Waals surface area (Å²) in [6.07, 6.45) is 4.72. The molecule has 0 bridgehead atoms. The van der Waals surface area contributed by atoms with Gasteiger partial charge in [-0.3, -0.25) is 9.20 Å². The quantitative estimate of drug-likeness (QED) is 0.452. The van der Waals surface area contributed by atoms with Crippen LogP contribution in [0.3, 0.4) is 0 Å². The number of hydrogen-bond donors (Lipinski definition) is 0. The Morgan fingerprint density at radius 2 is 1.77 bits per heavy atom. The molecule has 4 rings (SSSR count). The molecule has 0 aliphatic heterocycles. The summed E-state index contributed by atoms with van der Waals surface area (Å²) in [4.78, 5) is 22.9. The smallest absolute Gasteiger partial charge is 0.387 e. The average Bonchev–Trinajstić information content (AvgIpc) is 3.16. The highest BCUT2D eigenvalue weighted by Crippen LogP contribution is 2.25. The molecule has 0 unspecified atom stereocenters. The van der Waals surface area contributed by atoms with E-state index in [9.17, 15) is 13.6 Å². The van der Waals surface area contributed by atoms with E-state index >= 15 is 0 Å². The number of amides is 1. The summed E-state index contributed by atoms with van der Waals surface area (Å²) >= 11 is 5.90. The molecule has 0 radical (unpaired) electrons. The van der Waals surface area contributed by atoms with E-state index < -0.39 is 6.61 Å². The van der Waals surface area contributed by atoms with E-state index in [2.05, 4.69) is 14.7 Å². The third-order valence-corrected chi connectivity index (χ3v) is 4.76. The highest BCUT2D eigenvalue weighted by atomic mass is 35.5. The first-order chi connectivity index (χ1) is 14.4. The maximum atomic E-state index is 12.9. The fourth-order valence-electron chi connectivity index (χ4n) is 2.97. The molecule has 2 aromatic carbocycles. The van der Waals surface area contributed by atoms with Crippen LogP contribution in [0, 0.1) is 0 Å². The van der Waals surface area contributed by atoms with Crippen molar-refractivity contribution in [3.8, 4) is 17.0 Å². The molecule has 2 heterocycles. The number of imidazole rings is 1. The summed E-state index contributed by atoms with van der Waals surface area (Å²) in [7, 11) is 1.65. The lowest BCUT2D eigenvalue weighted by atomic mass is 10.1. The van der Waals surface area contributed by atoms with E-state index in [0.717, 1.165) is 5.56 Å². The van der Waals surface area contributed by atoms with E-state index in [1.54, 1.807) is 60.2 Å². The van der Waals surface area contributed by atoms with Crippen LogP contribution in [-0.2, 0) is 0 Å². The van der Waals surface area contributed by atoms with Gasteiger partial charge in [-0.2, -0.15) is 8.78 Å². The second-order valence-corrected chi connectivity index (χ2v) is 6.82. The minimum absolute atomic E-state index is 0.0599. The van der Waals surface area contributed by atoms with Gasteiger partial charge in [0, 0.05) is 29.5 Å². The minimum atomic E-state index is -2.89. The van der Waals surface area contributed by atoms with E-state index in [1.165, 1.54) is 23.2 Å². The number of benzene rings is 2. The molecule has 2 aromatic heterocycles. The highest BCUT2D eigenvalue weighted by Gasteiger charge is 2.17. The van der Waals surface area contributed by atoms with Crippen LogP contribution in [0.2, 0.25) is 5.02 Å². The molecule has 0 atom stereocenters. The lowest BCUT2D eigenvalue weighted by molar-refractivity contribution is -0.0498. The van der Waals surface area contributed by atoms with Crippen molar-refractivity contribution < 1.29 is 18.3 Å². The Hall–Kier alpha value is -3.52. The second kappa shape index (κ2) is 8.08. The van der Waals surface area contributed by atoms with Crippen LogP contribution < -0.4 is 9.64 Å². The molecule has 4 aromatic rings. The van der Waals surface area contributed by atoms with Gasteiger partial charge in [-0.05, 0) is 48.5 Å². The number of hydrogen-bond acceptors (Lipinski definition) is 4. The van der Waals surface area contributed by atoms with Crippen LogP contribution in [0.15, 0.2) is 67.1 Å². The zero-order chi connectivity index (χ0) is 21.3. The maximum absolute atomic E-state index is 12.9. The molecule has 6 nitrogen and oxygen atoms in total. The normalized spacial score (nSPS) is 11.1. The van der Waals surface area contributed by atoms with Crippen LogP contribution in [-0.4, -0.2) is 33.9 Å². The van der Waals surface area contributed by atoms with Gasteiger partial charge in [0.2, 0.25) is 0 Å². The average molecular weight is 429 g/mol. The molecular weight excluding hydrogens is 414 g/mol. The first-order valence-corrected chi connectivity index (χ1v) is 9.22. The zero-order valence-electron chi connectivity index (χ0n) is 15.7. The Labute approximate surface area is 175 Å². The van der Waals surface area contributed by atoms with Crippen molar-refractivity contribution in [2.45, 2.75) is 6.61 Å². The Morgan fingerprint density at radius 3 is 2.43 bits per heavy atom. The SMILES string of the molecule is CN(C(=O)c1cn2c(-c3ccc(OC(F)F)cc3)cnc2cn1)c1ccc(Cl)cc1. The molecule has 0 N–H and O–H groups in total. The number of alkyl halides is 2. The van der Waals surface area contributed by atoms with Crippen molar-refractivity contribution in [1.82, 2.24) is 14.4 Å². The fraction of sp³-hybridized carbons (Fsp3) is 0.0952. The number of nitrogens with zero attached hydrogens (tertiary/aromatic N) is 4. The molecule has 0 spiro atoms. The summed E-state index contributed by atoms with van der Waals surface area (Å²) in [6.45, 7) is -2.89. The number of fused-ring (bicyclic) bond motifs is 1. The van der Waals surface area contributed by atoms with Crippen LogP contribution in [0.5, 0.6) is 5.75 Å². The van der Waals surface area contributed by atoms with Gasteiger partial charge in [0.15, 0.2) is 5.65 Å². The maximum Gasteiger partial charge on any atom is 0.387 e. The summed E-state index contributed by atoms with van der Waals surface area (Å²) in [5.41, 5.74) is 2.84. The third-order valence-electron chi connectivity index (χ3n) is 4.51. The van der Waals surface area contributed by atoms with E-state index in [-0.39, 0.29) is 17.4 Å². The molecule has 0 aliphatic rings. The molecule has 152 valence electrons. The molecule has 1 amide bonds. The highest BCUT2D eigenvalue weighted by molar-refractivity contribution is 6.30. The van der Waals surface area contributed by atoms with E-state index in [1.807, 2.05) is 0 Å². The van der Waals surface area contributed by atoms with Gasteiger partial charge in [-0.15, -0.1) is 0 Å². The van der Waals surface area contributed by atoms with Gasteiger partial charge in [0.25, 0.3) is 5.91 Å². The number of halogens is 3. The zero-order valence-corrected chi connectivity index (χ0v) is 16.4. The van der Waals surface area contributed by atoms with Gasteiger partial charge in [0.1, 0.15) is 11.4 Å². The van der Waals surface area contributed by atoms with Crippen LogP contribution in [0.1, 0.15) is 10.5 Å². The van der Waals surface area contributed by atoms with Gasteiger partial charge in [-0.1, -0.05) is 11.6 Å². The number of carbonyl (C=O) groups is 1. The lowest BCUT2D eigenvalue weighted by Crippen LogP contribution is -2.27. The molecule has 0 fully saturated rings. The molecule has 0 saturated carbocycles. The topological polar surface area (TPSA) is 59.7 Å². The standard InChI is InChI=1S/C21H15ClF2N4O2/c1-27(15-6-4-14(22)5-7-15)20(29)17-12-28-18(10-26-19(28)11-25-17)13-2-8-16(9-3-13)30-21(23)24/h2-12,21H,1H3. The van der Waals surface area contributed by atoms with E-state index in [0.29, 0.717) is 22.1 Å². The Balaban J connectivity index is 1.65. The second-order valence-electron chi connectivity index (χ2n) is 6.39. The number of ether oxygens (including phenoxy) is 1. The van der Waals surface area contributed by atoms with Crippen molar-refractivity contribution in [1.29, 1.82) is 0 Å². The lowest BCUT2D eigenvalue weighted by Gasteiger charge is -2.17. The number of carbonyl (C=O) groups excluding carboxylic acids is 1. The summed E-state index contributed by atoms with van der Waals surface area (Å²) < 4.78 is 30.8. The minimum Gasteiger partial charge on any atom is -0.435 e. The van der Waals surface area contributed by atoms with Gasteiger partial charge in [0.05, 0.1) is 18.1 Å². The predicted octanol–water partition coefficient (Wildman–Crippen LogP) is 4.93. The van der Waals surface area contributed by atoms with Crippen molar-refractivity contribution >= 4 is 28.8 Å². The Morgan fingerprint density at radius 1 is 1.07 bits per heavy atom. The molecular formula is C21H15ClF2N4O2. The van der Waals surface area contributed by atoms with Crippen molar-refractivity contribution in [3.63, 3.8) is 0 Å². The monoisotopic (exact) mass is 428 g/mol. The van der Waals surface area contributed by atoms with Crippen LogP contribution in [0.25, 0.3) is 16.9 Å². The summed E-state index contributed by atoms with van der Waals surface area (Å²) in [6, 6.07) is 13.1. The van der Waals surface area contributed by atoms with Crippen molar-refractivity contribution in [2.75, 3.05) is 11.9 Å². The fourth-order valence-corrected chi connectivity index (χ4v) is 3.10. The molecule has 0 aliphatic carbocycles. The Kier molecular flexibility index (Phi) is 5.33. The summed E-state index contributed by atoms with van der Waals surface area (Å²) in [5, 5.41) is 0.576. The number of anilines is 1. The van der Waals surface area contributed by atoms with Gasteiger partial charge < -0.3 is 9.64 Å². The first-order valence-electron chi connectivity index (χ1n) is 8.84. The predicted molar refractivity (Wildman–Crippen MR) is 109 cm³/mol. The van der Waals surface area contributed by atoms with Crippen LogP contribution in [0.4, 0.5) is 14.5 Å². The van der Waals surface area contributed by atoms with E-state index in [4.69, 9.17) is 11.6 Å². The number of rotatable bonds is 5. The van der Waals surface area contributed by atoms with Gasteiger partial charge >= 0.3 is 6.61 Å². The third kappa shape index (κ3) is 3.95.